The molecule has 1 fully saturated rings. The molecule has 29 heavy (non-hydrogen) atoms. The number of halogens is 4. The first kappa shape index (κ1) is 21.4. The molecule has 0 aromatic carbocycles. The lowest BCUT2D eigenvalue weighted by Gasteiger charge is -2.31. The van der Waals surface area contributed by atoms with Gasteiger partial charge in [-0.3, -0.25) is 0 Å². The van der Waals surface area contributed by atoms with E-state index in [1.807, 2.05) is 4.90 Å². The quantitative estimate of drug-likeness (QED) is 0.772. The lowest BCUT2D eigenvalue weighted by Crippen LogP contribution is -2.33. The highest BCUT2D eigenvalue weighted by molar-refractivity contribution is 5.85. The second-order valence-corrected chi connectivity index (χ2v) is 6.90. The molecule has 2 aromatic heterocycles. The number of alkyl halides is 3. The van der Waals surface area contributed by atoms with Gasteiger partial charge in [-0.05, 0) is 19.0 Å². The maximum atomic E-state index is 13.3. The topological polar surface area (TPSA) is 75.2 Å². The van der Waals surface area contributed by atoms with E-state index >= 15 is 0 Å². The standard InChI is InChI=1S/C18H21F3N6O.ClH/c1-28-17-14(18(19,20)21)6-12(8-23-17)27-5-3-15-13(9-27)16(25-10-24-15)26-11-2-4-22-7-11;/h6,8,10-11,22H,2-5,7,9H2,1H3,(H,24,25,26);1H/t11-;/m0./s1. The normalized spacial score (nSPS) is 18.8. The van der Waals surface area contributed by atoms with Crippen molar-refractivity contribution in [3.05, 3.63) is 35.4 Å². The summed E-state index contributed by atoms with van der Waals surface area (Å²) in [5.74, 6) is 0.328. The molecular formula is C18H22ClF3N6O. The Kier molecular flexibility index (Phi) is 6.33. The summed E-state index contributed by atoms with van der Waals surface area (Å²) in [5, 5.41) is 6.73. The molecule has 0 bridgehead atoms. The first-order chi connectivity index (χ1) is 13.5. The summed E-state index contributed by atoms with van der Waals surface area (Å²) in [5.41, 5.74) is 1.37. The third-order valence-corrected chi connectivity index (χ3v) is 5.10. The number of fused-ring (bicyclic) bond motifs is 1. The first-order valence-corrected chi connectivity index (χ1v) is 9.12. The molecule has 0 saturated carbocycles. The van der Waals surface area contributed by atoms with Crippen molar-refractivity contribution in [1.29, 1.82) is 0 Å². The van der Waals surface area contributed by atoms with E-state index in [-0.39, 0.29) is 18.4 Å². The van der Waals surface area contributed by atoms with Crippen LogP contribution in [-0.2, 0) is 19.1 Å². The van der Waals surface area contributed by atoms with Gasteiger partial charge in [-0.1, -0.05) is 0 Å². The van der Waals surface area contributed by atoms with Crippen molar-refractivity contribution < 1.29 is 17.9 Å². The van der Waals surface area contributed by atoms with E-state index in [1.165, 1.54) is 19.6 Å². The summed E-state index contributed by atoms with van der Waals surface area (Å²) in [6, 6.07) is 1.38. The number of aromatic nitrogens is 3. The van der Waals surface area contributed by atoms with Crippen molar-refractivity contribution in [2.24, 2.45) is 0 Å². The fraction of sp³-hybridized carbons (Fsp3) is 0.500. The third-order valence-electron chi connectivity index (χ3n) is 5.10. The van der Waals surface area contributed by atoms with Crippen LogP contribution < -0.4 is 20.3 Å². The Morgan fingerprint density at radius 3 is 2.79 bits per heavy atom. The highest BCUT2D eigenvalue weighted by atomic mass is 35.5. The SMILES string of the molecule is COc1ncc(N2CCc3ncnc(N[C@H]4CCNC4)c3C2)cc1C(F)(F)F.Cl. The second kappa shape index (κ2) is 8.58. The molecule has 0 spiro atoms. The zero-order valence-electron chi connectivity index (χ0n) is 15.8. The van der Waals surface area contributed by atoms with Gasteiger partial charge in [0.15, 0.2) is 0 Å². The molecule has 2 aliphatic rings. The summed E-state index contributed by atoms with van der Waals surface area (Å²) in [7, 11) is 1.18. The third kappa shape index (κ3) is 4.48. The number of hydrogen-bond donors (Lipinski definition) is 2. The molecule has 4 heterocycles. The Bertz CT molecular complexity index is 860. The largest absolute Gasteiger partial charge is 0.481 e. The number of pyridine rings is 1. The number of nitrogens with zero attached hydrogens (tertiary/aromatic N) is 4. The molecule has 1 atom stereocenters. The highest BCUT2D eigenvalue weighted by Crippen LogP contribution is 2.38. The Balaban J connectivity index is 0.00000240. The fourth-order valence-corrected chi connectivity index (χ4v) is 3.64. The van der Waals surface area contributed by atoms with Crippen LogP contribution >= 0.6 is 12.4 Å². The minimum Gasteiger partial charge on any atom is -0.481 e. The Morgan fingerprint density at radius 2 is 2.10 bits per heavy atom. The van der Waals surface area contributed by atoms with Crippen molar-refractivity contribution in [3.8, 4) is 5.88 Å². The van der Waals surface area contributed by atoms with Crippen LogP contribution in [0.2, 0.25) is 0 Å². The molecule has 0 radical (unpaired) electrons. The molecule has 4 rings (SSSR count). The number of anilines is 2. The summed E-state index contributed by atoms with van der Waals surface area (Å²) in [4.78, 5) is 14.5. The van der Waals surface area contributed by atoms with Crippen LogP contribution in [0.4, 0.5) is 24.7 Å². The van der Waals surface area contributed by atoms with Gasteiger partial charge in [0.05, 0.1) is 24.7 Å². The zero-order valence-corrected chi connectivity index (χ0v) is 16.6. The molecule has 7 nitrogen and oxygen atoms in total. The molecule has 11 heteroatoms. The van der Waals surface area contributed by atoms with Crippen molar-refractivity contribution in [1.82, 2.24) is 20.3 Å². The summed E-state index contributed by atoms with van der Waals surface area (Å²) in [6.07, 6.45) is 0.0444. The van der Waals surface area contributed by atoms with Gasteiger partial charge in [0.1, 0.15) is 17.7 Å². The Hall–Kier alpha value is -2.33. The monoisotopic (exact) mass is 430 g/mol. The van der Waals surface area contributed by atoms with E-state index in [9.17, 15) is 13.2 Å². The van der Waals surface area contributed by atoms with Crippen molar-refractivity contribution in [2.75, 3.05) is 37.0 Å². The molecule has 0 amide bonds. The number of nitrogens with one attached hydrogen (secondary N) is 2. The van der Waals surface area contributed by atoms with Gasteiger partial charge in [0.2, 0.25) is 5.88 Å². The van der Waals surface area contributed by atoms with Crippen LogP contribution in [-0.4, -0.2) is 47.7 Å². The van der Waals surface area contributed by atoms with E-state index < -0.39 is 17.6 Å². The van der Waals surface area contributed by atoms with Crippen LogP contribution in [0.3, 0.4) is 0 Å². The molecule has 0 aliphatic carbocycles. The van der Waals surface area contributed by atoms with E-state index in [4.69, 9.17) is 4.74 Å². The molecule has 1 saturated heterocycles. The van der Waals surface area contributed by atoms with Crippen LogP contribution in [0.25, 0.3) is 0 Å². The number of ether oxygens (including phenoxy) is 1. The van der Waals surface area contributed by atoms with Gasteiger partial charge < -0.3 is 20.3 Å². The molecule has 158 valence electrons. The molecular weight excluding hydrogens is 409 g/mol. The molecule has 0 unspecified atom stereocenters. The van der Waals surface area contributed by atoms with E-state index in [1.54, 1.807) is 0 Å². The molecule has 2 N–H and O–H groups in total. The Morgan fingerprint density at radius 1 is 1.28 bits per heavy atom. The van der Waals surface area contributed by atoms with Gasteiger partial charge >= 0.3 is 6.18 Å². The summed E-state index contributed by atoms with van der Waals surface area (Å²) < 4.78 is 44.8. The van der Waals surface area contributed by atoms with Gasteiger partial charge in [-0.2, -0.15) is 13.2 Å². The Labute approximate surface area is 172 Å². The van der Waals surface area contributed by atoms with Gasteiger partial charge in [0, 0.05) is 37.7 Å². The fourth-order valence-electron chi connectivity index (χ4n) is 3.64. The van der Waals surface area contributed by atoms with Gasteiger partial charge in [-0.25, -0.2) is 15.0 Å². The van der Waals surface area contributed by atoms with Crippen LogP contribution in [0.1, 0.15) is 23.2 Å². The van der Waals surface area contributed by atoms with Crippen molar-refractivity contribution >= 4 is 23.9 Å². The second-order valence-electron chi connectivity index (χ2n) is 6.90. The predicted molar refractivity (Wildman–Crippen MR) is 105 cm³/mol. The van der Waals surface area contributed by atoms with Gasteiger partial charge in [0.25, 0.3) is 0 Å². The van der Waals surface area contributed by atoms with Crippen LogP contribution in [0.15, 0.2) is 18.6 Å². The first-order valence-electron chi connectivity index (χ1n) is 9.12. The minimum absolute atomic E-state index is 0. The van der Waals surface area contributed by atoms with Crippen molar-refractivity contribution in [2.45, 2.75) is 31.6 Å². The summed E-state index contributed by atoms with van der Waals surface area (Å²) >= 11 is 0. The predicted octanol–water partition coefficient (Wildman–Crippen LogP) is 2.66. The number of methoxy groups -OCH3 is 1. The van der Waals surface area contributed by atoms with Crippen LogP contribution in [0.5, 0.6) is 5.88 Å². The molecule has 2 aromatic rings. The lowest BCUT2D eigenvalue weighted by atomic mass is 10.0. The van der Waals surface area contributed by atoms with E-state index in [2.05, 4.69) is 25.6 Å². The molecule has 2 aliphatic heterocycles. The highest BCUT2D eigenvalue weighted by Gasteiger charge is 2.36. The average Bonchev–Trinajstić information content (AvgIpc) is 3.20. The summed E-state index contributed by atoms with van der Waals surface area (Å²) in [6.45, 7) is 2.79. The number of rotatable bonds is 4. The van der Waals surface area contributed by atoms with E-state index in [0.29, 0.717) is 25.2 Å². The maximum Gasteiger partial charge on any atom is 0.421 e. The van der Waals surface area contributed by atoms with Crippen molar-refractivity contribution in [3.63, 3.8) is 0 Å². The zero-order chi connectivity index (χ0) is 19.7. The average molecular weight is 431 g/mol. The van der Waals surface area contributed by atoms with E-state index in [0.717, 1.165) is 42.7 Å². The smallest absolute Gasteiger partial charge is 0.421 e. The van der Waals surface area contributed by atoms with Crippen LogP contribution in [0, 0.1) is 0 Å². The minimum atomic E-state index is -4.53. The lowest BCUT2D eigenvalue weighted by molar-refractivity contribution is -0.139. The maximum absolute atomic E-state index is 13.3. The number of hydrogen-bond acceptors (Lipinski definition) is 7. The van der Waals surface area contributed by atoms with Gasteiger partial charge in [-0.15, -0.1) is 12.4 Å².